The number of carbonyl (C=O) groups is 3. The first-order valence-corrected chi connectivity index (χ1v) is 9.11. The minimum Gasteiger partial charge on any atom is -0.450 e. The first kappa shape index (κ1) is 21.4. The number of nitrogens with two attached hydrogens (primary N) is 1. The molecule has 1 atom stereocenters. The topological polar surface area (TPSA) is 102 Å². The van der Waals surface area contributed by atoms with E-state index in [1.165, 1.54) is 11.0 Å². The van der Waals surface area contributed by atoms with Crippen molar-refractivity contribution in [3.8, 4) is 0 Å². The summed E-state index contributed by atoms with van der Waals surface area (Å²) >= 11 is 6.10. The molecule has 0 aliphatic rings. The van der Waals surface area contributed by atoms with Crippen LogP contribution in [0.1, 0.15) is 29.8 Å². The molecule has 2 amide bonds. The highest BCUT2D eigenvalue weighted by atomic mass is 35.5. The van der Waals surface area contributed by atoms with Crippen LogP contribution in [0.3, 0.4) is 0 Å². The molecule has 7 nitrogen and oxygen atoms in total. The van der Waals surface area contributed by atoms with Gasteiger partial charge in [0.1, 0.15) is 6.17 Å². The summed E-state index contributed by atoms with van der Waals surface area (Å²) in [6.45, 7) is 3.14. The number of amides is 2. The molecule has 0 heterocycles. The maximum Gasteiger partial charge on any atom is 0.408 e. The molecule has 0 aliphatic heterocycles. The maximum atomic E-state index is 13.0. The van der Waals surface area contributed by atoms with Gasteiger partial charge >= 0.3 is 6.09 Å². The van der Waals surface area contributed by atoms with E-state index in [1.807, 2.05) is 0 Å². The standard InChI is InChI=1S/C20H22ClN3O4/c1-3-28-20(27)23-13(2)24(18(25)12-22)17-10-9-15(21)11-16(17)19(26)14-7-5-4-6-8-14/h4-11,13H,3,12,22H2,1-2H3,(H,23,27). The highest BCUT2D eigenvalue weighted by Crippen LogP contribution is 2.28. The number of hydrogen-bond acceptors (Lipinski definition) is 5. The van der Waals surface area contributed by atoms with E-state index in [9.17, 15) is 14.4 Å². The molecule has 0 fully saturated rings. The molecule has 1 unspecified atom stereocenters. The number of alkyl carbamates (subject to hydrolysis) is 1. The fraction of sp³-hybridized carbons (Fsp3) is 0.250. The Morgan fingerprint density at radius 2 is 1.86 bits per heavy atom. The van der Waals surface area contributed by atoms with Gasteiger partial charge in [0.15, 0.2) is 5.78 Å². The molecule has 2 aromatic carbocycles. The molecular formula is C20H22ClN3O4. The SMILES string of the molecule is CCOC(=O)NC(C)N(C(=O)CN)c1ccc(Cl)cc1C(=O)c1ccccc1. The van der Waals surface area contributed by atoms with Crippen LogP contribution >= 0.6 is 11.6 Å². The number of anilines is 1. The van der Waals surface area contributed by atoms with Crippen LogP contribution in [0.4, 0.5) is 10.5 Å². The molecule has 8 heteroatoms. The van der Waals surface area contributed by atoms with Gasteiger partial charge in [0.2, 0.25) is 5.91 Å². The largest absolute Gasteiger partial charge is 0.450 e. The Morgan fingerprint density at radius 3 is 2.46 bits per heavy atom. The summed E-state index contributed by atoms with van der Waals surface area (Å²) in [6, 6.07) is 13.2. The monoisotopic (exact) mass is 403 g/mol. The summed E-state index contributed by atoms with van der Waals surface area (Å²) in [5.74, 6) is -0.787. The van der Waals surface area contributed by atoms with E-state index in [0.717, 1.165) is 0 Å². The summed E-state index contributed by atoms with van der Waals surface area (Å²) < 4.78 is 4.87. The Balaban J connectivity index is 2.50. The van der Waals surface area contributed by atoms with Crippen molar-refractivity contribution in [1.82, 2.24) is 5.32 Å². The number of ketones is 1. The molecule has 0 aliphatic carbocycles. The Kier molecular flexibility index (Phi) is 7.54. The van der Waals surface area contributed by atoms with Crippen molar-refractivity contribution < 1.29 is 19.1 Å². The van der Waals surface area contributed by atoms with Crippen molar-refractivity contribution in [2.24, 2.45) is 5.73 Å². The fourth-order valence-corrected chi connectivity index (χ4v) is 2.88. The predicted molar refractivity (Wildman–Crippen MR) is 107 cm³/mol. The van der Waals surface area contributed by atoms with Gasteiger partial charge in [-0.25, -0.2) is 4.79 Å². The lowest BCUT2D eigenvalue weighted by molar-refractivity contribution is -0.117. The Hall–Kier alpha value is -2.90. The summed E-state index contributed by atoms with van der Waals surface area (Å²) in [7, 11) is 0. The number of benzene rings is 2. The fourth-order valence-electron chi connectivity index (χ4n) is 2.71. The molecule has 0 spiro atoms. The summed E-state index contributed by atoms with van der Waals surface area (Å²) in [5, 5.41) is 2.90. The van der Waals surface area contributed by atoms with Gasteiger partial charge in [-0.15, -0.1) is 0 Å². The van der Waals surface area contributed by atoms with Gasteiger partial charge in [-0.1, -0.05) is 41.9 Å². The molecule has 0 aromatic heterocycles. The summed E-state index contributed by atoms with van der Waals surface area (Å²) in [5.41, 5.74) is 6.51. The second kappa shape index (κ2) is 9.87. The van der Waals surface area contributed by atoms with Crippen LogP contribution < -0.4 is 16.0 Å². The highest BCUT2D eigenvalue weighted by Gasteiger charge is 2.27. The Morgan fingerprint density at radius 1 is 1.18 bits per heavy atom. The molecule has 0 saturated carbocycles. The van der Waals surface area contributed by atoms with Crippen LogP contribution in [0, 0.1) is 0 Å². The molecule has 2 rings (SSSR count). The van der Waals surface area contributed by atoms with Gasteiger partial charge < -0.3 is 15.8 Å². The van der Waals surface area contributed by atoms with E-state index < -0.39 is 18.2 Å². The van der Waals surface area contributed by atoms with Crippen molar-refractivity contribution in [2.45, 2.75) is 20.0 Å². The van der Waals surface area contributed by atoms with Gasteiger partial charge in [-0.2, -0.15) is 0 Å². The summed E-state index contributed by atoms with van der Waals surface area (Å²) in [6.07, 6.45) is -1.49. The number of rotatable bonds is 7. The molecule has 148 valence electrons. The van der Waals surface area contributed by atoms with Crippen molar-refractivity contribution in [2.75, 3.05) is 18.1 Å². The number of ether oxygens (including phenoxy) is 1. The lowest BCUT2D eigenvalue weighted by atomic mass is 10.0. The number of hydrogen-bond donors (Lipinski definition) is 2. The van der Waals surface area contributed by atoms with Gasteiger partial charge in [0.25, 0.3) is 0 Å². The zero-order chi connectivity index (χ0) is 20.7. The van der Waals surface area contributed by atoms with Gasteiger partial charge in [-0.05, 0) is 32.0 Å². The smallest absolute Gasteiger partial charge is 0.408 e. The van der Waals surface area contributed by atoms with Gasteiger partial charge in [0, 0.05) is 16.1 Å². The van der Waals surface area contributed by atoms with E-state index in [-0.39, 0.29) is 30.2 Å². The third-order valence-corrected chi connectivity index (χ3v) is 4.17. The third kappa shape index (κ3) is 5.09. The first-order chi connectivity index (χ1) is 13.4. The van der Waals surface area contributed by atoms with E-state index in [4.69, 9.17) is 22.1 Å². The lowest BCUT2D eigenvalue weighted by Crippen LogP contribution is -2.51. The van der Waals surface area contributed by atoms with E-state index in [0.29, 0.717) is 10.6 Å². The van der Waals surface area contributed by atoms with Crippen LogP contribution in [0.25, 0.3) is 0 Å². The second-order valence-electron chi connectivity index (χ2n) is 5.87. The Bertz CT molecular complexity index is 858. The quantitative estimate of drug-likeness (QED) is 0.546. The predicted octanol–water partition coefficient (Wildman–Crippen LogP) is 2.95. The van der Waals surface area contributed by atoms with Gasteiger partial charge in [-0.3, -0.25) is 14.5 Å². The van der Waals surface area contributed by atoms with Crippen molar-refractivity contribution >= 4 is 35.1 Å². The minimum absolute atomic E-state index is 0.183. The van der Waals surface area contributed by atoms with E-state index in [2.05, 4.69) is 5.32 Å². The lowest BCUT2D eigenvalue weighted by Gasteiger charge is -2.30. The zero-order valence-corrected chi connectivity index (χ0v) is 16.4. The van der Waals surface area contributed by atoms with Gasteiger partial charge in [0.05, 0.1) is 18.8 Å². The highest BCUT2D eigenvalue weighted by molar-refractivity contribution is 6.31. The number of nitrogens with one attached hydrogen (secondary N) is 1. The minimum atomic E-state index is -0.807. The van der Waals surface area contributed by atoms with Crippen LogP contribution in [0.2, 0.25) is 5.02 Å². The van der Waals surface area contributed by atoms with Crippen molar-refractivity contribution in [1.29, 1.82) is 0 Å². The van der Waals surface area contributed by atoms with Crippen molar-refractivity contribution in [3.63, 3.8) is 0 Å². The number of nitrogens with zero attached hydrogens (tertiary/aromatic N) is 1. The maximum absolute atomic E-state index is 13.0. The molecule has 0 saturated heterocycles. The molecule has 0 bridgehead atoms. The van der Waals surface area contributed by atoms with Crippen LogP contribution in [0.15, 0.2) is 48.5 Å². The molecular weight excluding hydrogens is 382 g/mol. The molecule has 2 aromatic rings. The number of carbonyl (C=O) groups excluding carboxylic acids is 3. The normalized spacial score (nSPS) is 11.4. The molecule has 3 N–H and O–H groups in total. The third-order valence-electron chi connectivity index (χ3n) is 3.93. The molecule has 28 heavy (non-hydrogen) atoms. The second-order valence-corrected chi connectivity index (χ2v) is 6.30. The number of halogens is 1. The van der Waals surface area contributed by atoms with Crippen LogP contribution in [-0.4, -0.2) is 37.1 Å². The average molecular weight is 404 g/mol. The van der Waals surface area contributed by atoms with Crippen LogP contribution in [0.5, 0.6) is 0 Å². The van der Waals surface area contributed by atoms with E-state index >= 15 is 0 Å². The molecule has 0 radical (unpaired) electrons. The Labute approximate surface area is 168 Å². The average Bonchev–Trinajstić information content (AvgIpc) is 2.69. The van der Waals surface area contributed by atoms with E-state index in [1.54, 1.807) is 56.3 Å². The summed E-state index contributed by atoms with van der Waals surface area (Å²) in [4.78, 5) is 38.7. The first-order valence-electron chi connectivity index (χ1n) is 8.73. The van der Waals surface area contributed by atoms with Crippen molar-refractivity contribution in [3.05, 3.63) is 64.7 Å². The van der Waals surface area contributed by atoms with Crippen LogP contribution in [-0.2, 0) is 9.53 Å². The zero-order valence-electron chi connectivity index (χ0n) is 15.6.